The second-order valence-corrected chi connectivity index (χ2v) is 6.54. The van der Waals surface area contributed by atoms with Crippen molar-refractivity contribution in [1.82, 2.24) is 10.0 Å². The Labute approximate surface area is 99.2 Å². The number of sulfonamides is 1. The Morgan fingerprint density at radius 1 is 1.38 bits per heavy atom. The highest BCUT2D eigenvalue weighted by atomic mass is 32.2. The van der Waals surface area contributed by atoms with Crippen LogP contribution in [0.4, 0.5) is 0 Å². The molecule has 1 aliphatic heterocycles. The lowest BCUT2D eigenvalue weighted by atomic mass is 9.92. The van der Waals surface area contributed by atoms with Gasteiger partial charge in [0.1, 0.15) is 0 Å². The number of hydrogen-bond acceptors (Lipinski definition) is 3. The molecule has 1 aliphatic rings. The van der Waals surface area contributed by atoms with E-state index < -0.39 is 10.0 Å². The van der Waals surface area contributed by atoms with E-state index >= 15 is 0 Å². The smallest absolute Gasteiger partial charge is 0.211 e. The van der Waals surface area contributed by atoms with Gasteiger partial charge in [0.25, 0.3) is 0 Å². The maximum Gasteiger partial charge on any atom is 0.211 e. The predicted molar refractivity (Wildman–Crippen MR) is 66.9 cm³/mol. The van der Waals surface area contributed by atoms with Gasteiger partial charge in [-0.2, -0.15) is 0 Å². The lowest BCUT2D eigenvalue weighted by Gasteiger charge is -2.28. The Balaban J connectivity index is 2.39. The minimum atomic E-state index is -3.06. The van der Waals surface area contributed by atoms with Gasteiger partial charge >= 0.3 is 0 Å². The summed E-state index contributed by atoms with van der Waals surface area (Å²) in [5.41, 5.74) is 0. The van der Waals surface area contributed by atoms with E-state index in [1.54, 1.807) is 0 Å². The third-order valence-corrected chi connectivity index (χ3v) is 4.78. The van der Waals surface area contributed by atoms with E-state index in [1.165, 1.54) is 0 Å². The van der Waals surface area contributed by atoms with E-state index in [0.29, 0.717) is 5.92 Å². The topological polar surface area (TPSA) is 58.2 Å². The van der Waals surface area contributed by atoms with Gasteiger partial charge in [0.15, 0.2) is 0 Å². The van der Waals surface area contributed by atoms with Crippen molar-refractivity contribution in [3.63, 3.8) is 0 Å². The molecule has 16 heavy (non-hydrogen) atoms. The van der Waals surface area contributed by atoms with Gasteiger partial charge in [-0.3, -0.25) is 0 Å². The summed E-state index contributed by atoms with van der Waals surface area (Å²) >= 11 is 0. The first kappa shape index (κ1) is 13.9. The molecule has 1 heterocycles. The normalized spacial score (nSPS) is 20.9. The van der Waals surface area contributed by atoms with Crippen LogP contribution in [0.1, 0.15) is 39.5 Å². The molecule has 0 aliphatic carbocycles. The van der Waals surface area contributed by atoms with Crippen LogP contribution in [-0.4, -0.2) is 33.3 Å². The molecule has 1 unspecified atom stereocenters. The van der Waals surface area contributed by atoms with Crippen molar-refractivity contribution >= 4 is 10.0 Å². The van der Waals surface area contributed by atoms with Crippen molar-refractivity contribution in [2.24, 2.45) is 5.92 Å². The highest BCUT2D eigenvalue weighted by Gasteiger charge is 2.23. The van der Waals surface area contributed by atoms with E-state index in [0.717, 1.165) is 38.8 Å². The fourth-order valence-electron chi connectivity index (χ4n) is 2.12. The lowest BCUT2D eigenvalue weighted by Crippen LogP contribution is -2.43. The summed E-state index contributed by atoms with van der Waals surface area (Å²) in [7, 11) is -3.06. The fraction of sp³-hybridized carbons (Fsp3) is 1.00. The Hall–Kier alpha value is -0.130. The third-order valence-electron chi connectivity index (χ3n) is 3.22. The Bertz CT molecular complexity index is 284. The Kier molecular flexibility index (Phi) is 5.72. The van der Waals surface area contributed by atoms with Crippen LogP contribution in [0.2, 0.25) is 0 Å². The zero-order valence-corrected chi connectivity index (χ0v) is 11.1. The van der Waals surface area contributed by atoms with Crippen molar-refractivity contribution in [3.05, 3.63) is 0 Å². The van der Waals surface area contributed by atoms with Crippen molar-refractivity contribution in [1.29, 1.82) is 0 Å². The van der Waals surface area contributed by atoms with Gasteiger partial charge in [0.2, 0.25) is 10.0 Å². The molecule has 0 amide bonds. The first-order chi connectivity index (χ1) is 7.55. The summed E-state index contributed by atoms with van der Waals surface area (Å²) in [5.74, 6) is 0.747. The van der Waals surface area contributed by atoms with Crippen LogP contribution in [0.15, 0.2) is 0 Å². The summed E-state index contributed by atoms with van der Waals surface area (Å²) in [5, 5.41) is 3.29. The summed E-state index contributed by atoms with van der Waals surface area (Å²) in [4.78, 5) is 0. The molecule has 0 radical (unpaired) electrons. The molecular formula is C11H24N2O2S. The van der Waals surface area contributed by atoms with Crippen LogP contribution in [0.25, 0.3) is 0 Å². The van der Waals surface area contributed by atoms with Crippen LogP contribution < -0.4 is 10.0 Å². The molecule has 1 saturated heterocycles. The highest BCUT2D eigenvalue weighted by Crippen LogP contribution is 2.16. The Morgan fingerprint density at radius 3 is 2.56 bits per heavy atom. The Morgan fingerprint density at radius 2 is 2.00 bits per heavy atom. The third kappa shape index (κ3) is 4.80. The van der Waals surface area contributed by atoms with E-state index in [-0.39, 0.29) is 11.8 Å². The van der Waals surface area contributed by atoms with Crippen LogP contribution >= 0.6 is 0 Å². The lowest BCUT2D eigenvalue weighted by molar-refractivity contribution is 0.316. The minimum absolute atomic E-state index is 0.0731. The summed E-state index contributed by atoms with van der Waals surface area (Å²) in [6.45, 7) is 6.00. The number of unbranched alkanes of at least 4 members (excludes halogenated alkanes) is 1. The molecule has 0 saturated carbocycles. The molecule has 0 aromatic rings. The molecule has 1 rings (SSSR count). The standard InChI is InChI=1S/C11H24N2O2S/c1-3-4-9-16(14,15)13-10(2)11-5-7-12-8-6-11/h10-13H,3-9H2,1-2H3. The summed E-state index contributed by atoms with van der Waals surface area (Å²) < 4.78 is 26.2. The summed E-state index contributed by atoms with van der Waals surface area (Å²) in [6.07, 6.45) is 3.80. The molecule has 1 atom stereocenters. The molecule has 1 fully saturated rings. The highest BCUT2D eigenvalue weighted by molar-refractivity contribution is 7.89. The molecule has 2 N–H and O–H groups in total. The molecule has 4 nitrogen and oxygen atoms in total. The van der Waals surface area contributed by atoms with Gasteiger partial charge in [0, 0.05) is 6.04 Å². The van der Waals surface area contributed by atoms with E-state index in [4.69, 9.17) is 0 Å². The largest absolute Gasteiger partial charge is 0.317 e. The van der Waals surface area contributed by atoms with Crippen LogP contribution in [0.3, 0.4) is 0 Å². The molecule has 5 heteroatoms. The molecule has 96 valence electrons. The number of hydrogen-bond donors (Lipinski definition) is 2. The van der Waals surface area contributed by atoms with Crippen LogP contribution in [-0.2, 0) is 10.0 Å². The van der Waals surface area contributed by atoms with Crippen molar-refractivity contribution in [3.8, 4) is 0 Å². The first-order valence-corrected chi connectivity index (χ1v) is 7.91. The number of rotatable bonds is 6. The van der Waals surface area contributed by atoms with E-state index in [2.05, 4.69) is 10.0 Å². The fourth-order valence-corrected chi connectivity index (χ4v) is 3.66. The zero-order chi connectivity index (χ0) is 12.0. The van der Waals surface area contributed by atoms with Gasteiger partial charge in [-0.25, -0.2) is 13.1 Å². The summed E-state index contributed by atoms with van der Waals surface area (Å²) in [6, 6.07) is 0.0731. The van der Waals surface area contributed by atoms with Gasteiger partial charge in [-0.1, -0.05) is 13.3 Å². The maximum absolute atomic E-state index is 11.7. The van der Waals surface area contributed by atoms with Gasteiger partial charge in [0.05, 0.1) is 5.75 Å². The van der Waals surface area contributed by atoms with Crippen molar-refractivity contribution in [2.75, 3.05) is 18.8 Å². The minimum Gasteiger partial charge on any atom is -0.317 e. The molecule has 0 aromatic heterocycles. The number of piperidine rings is 1. The zero-order valence-electron chi connectivity index (χ0n) is 10.3. The second-order valence-electron chi connectivity index (χ2n) is 4.67. The molecule has 0 aromatic carbocycles. The quantitative estimate of drug-likeness (QED) is 0.740. The SMILES string of the molecule is CCCCS(=O)(=O)NC(C)C1CCNCC1. The van der Waals surface area contributed by atoms with E-state index in [9.17, 15) is 8.42 Å². The van der Waals surface area contributed by atoms with Crippen LogP contribution in [0, 0.1) is 5.92 Å². The molecule has 0 spiro atoms. The van der Waals surface area contributed by atoms with E-state index in [1.807, 2.05) is 13.8 Å². The maximum atomic E-state index is 11.7. The average Bonchev–Trinajstić information content (AvgIpc) is 2.27. The van der Waals surface area contributed by atoms with Gasteiger partial charge in [-0.05, 0) is 45.2 Å². The van der Waals surface area contributed by atoms with Crippen molar-refractivity contribution < 1.29 is 8.42 Å². The average molecular weight is 248 g/mol. The molecular weight excluding hydrogens is 224 g/mol. The second kappa shape index (κ2) is 6.57. The molecule has 0 bridgehead atoms. The monoisotopic (exact) mass is 248 g/mol. The van der Waals surface area contributed by atoms with Gasteiger partial charge < -0.3 is 5.32 Å². The van der Waals surface area contributed by atoms with Crippen LogP contribution in [0.5, 0.6) is 0 Å². The first-order valence-electron chi connectivity index (χ1n) is 6.26. The van der Waals surface area contributed by atoms with Crippen molar-refractivity contribution in [2.45, 2.75) is 45.6 Å². The number of nitrogens with one attached hydrogen (secondary N) is 2. The predicted octanol–water partition coefficient (Wildman–Crippen LogP) is 1.09. The van der Waals surface area contributed by atoms with Gasteiger partial charge in [-0.15, -0.1) is 0 Å².